The molecule has 0 atom stereocenters. The molecule has 1 aliphatic carbocycles. The van der Waals surface area contributed by atoms with Gasteiger partial charge in [-0.25, -0.2) is 9.78 Å². The Morgan fingerprint density at radius 2 is 2.06 bits per heavy atom. The first-order valence-corrected chi connectivity index (χ1v) is 11.4. The van der Waals surface area contributed by atoms with E-state index in [0.29, 0.717) is 16.0 Å². The van der Waals surface area contributed by atoms with Crippen LogP contribution in [0.5, 0.6) is 0 Å². The summed E-state index contributed by atoms with van der Waals surface area (Å²) in [6.07, 6.45) is 6.20. The van der Waals surface area contributed by atoms with E-state index in [4.69, 9.17) is 11.6 Å². The van der Waals surface area contributed by atoms with Gasteiger partial charge in [-0.3, -0.25) is 4.68 Å². The monoisotopic (exact) mass is 452 g/mol. The topological polar surface area (TPSA) is 72.9 Å². The zero-order valence-electron chi connectivity index (χ0n) is 17.1. The number of halogens is 1. The third-order valence-electron chi connectivity index (χ3n) is 5.41. The van der Waals surface area contributed by atoms with E-state index in [2.05, 4.69) is 34.7 Å². The van der Waals surface area contributed by atoms with Gasteiger partial charge in [0, 0.05) is 39.2 Å². The maximum Gasteiger partial charge on any atom is 0.354 e. The Morgan fingerprint density at radius 3 is 2.74 bits per heavy atom. The minimum absolute atomic E-state index is 0.0444. The van der Waals surface area contributed by atoms with Gasteiger partial charge in [-0.15, -0.1) is 0 Å². The highest BCUT2D eigenvalue weighted by molar-refractivity contribution is 7.99. The lowest BCUT2D eigenvalue weighted by atomic mass is 10.2. The first kappa shape index (κ1) is 20.2. The van der Waals surface area contributed by atoms with Gasteiger partial charge in [0.25, 0.3) is 0 Å². The number of aromatic nitrogens is 4. The highest BCUT2D eigenvalue weighted by atomic mass is 35.5. The van der Waals surface area contributed by atoms with Crippen molar-refractivity contribution in [2.75, 3.05) is 0 Å². The molecule has 0 aliphatic heterocycles. The van der Waals surface area contributed by atoms with Crippen LogP contribution in [0.1, 0.15) is 54.8 Å². The molecule has 1 aromatic carbocycles. The van der Waals surface area contributed by atoms with Gasteiger partial charge in [0.15, 0.2) is 0 Å². The van der Waals surface area contributed by atoms with Crippen LogP contribution in [-0.4, -0.2) is 30.4 Å². The van der Waals surface area contributed by atoms with Crippen LogP contribution in [-0.2, 0) is 0 Å². The fourth-order valence-corrected chi connectivity index (χ4v) is 5.09. The summed E-state index contributed by atoms with van der Waals surface area (Å²) in [5.74, 6) is -0.584. The molecule has 31 heavy (non-hydrogen) atoms. The largest absolute Gasteiger partial charge is 0.477 e. The molecule has 0 unspecified atom stereocenters. The van der Waals surface area contributed by atoms with E-state index in [9.17, 15) is 9.90 Å². The first-order chi connectivity index (χ1) is 14.9. The summed E-state index contributed by atoms with van der Waals surface area (Å²) >= 11 is 7.90. The van der Waals surface area contributed by atoms with Crippen molar-refractivity contribution in [2.24, 2.45) is 0 Å². The zero-order chi connectivity index (χ0) is 21.7. The van der Waals surface area contributed by atoms with Crippen molar-refractivity contribution in [2.45, 2.75) is 48.6 Å². The minimum Gasteiger partial charge on any atom is -0.477 e. The van der Waals surface area contributed by atoms with Crippen LogP contribution in [0.2, 0.25) is 5.02 Å². The number of carboxylic acids is 1. The molecule has 6 nitrogen and oxygen atoms in total. The van der Waals surface area contributed by atoms with Crippen molar-refractivity contribution in [3.05, 3.63) is 65.2 Å². The molecule has 8 heteroatoms. The fourth-order valence-electron chi connectivity index (χ4n) is 3.78. The van der Waals surface area contributed by atoms with Gasteiger partial charge in [0.1, 0.15) is 10.7 Å². The van der Waals surface area contributed by atoms with Gasteiger partial charge >= 0.3 is 5.97 Å². The number of aromatic carboxylic acids is 1. The van der Waals surface area contributed by atoms with E-state index in [1.165, 1.54) is 23.5 Å². The molecule has 0 spiro atoms. The summed E-state index contributed by atoms with van der Waals surface area (Å²) in [7, 11) is 0. The molecule has 1 saturated carbocycles. The summed E-state index contributed by atoms with van der Waals surface area (Å²) in [5, 5.41) is 16.3. The van der Waals surface area contributed by atoms with Crippen LogP contribution in [0.3, 0.4) is 0 Å². The standard InChI is InChI=1S/C23H21ClN4O2S/c1-13(2)27-12-16(11-25-27)28-19-10-15(24)8-9-17(19)22(21(28)14-6-7-14)31-20-5-3-4-18(26-20)23(29)30/h3-5,8-14H,6-7H2,1-2H3,(H,29,30). The van der Waals surface area contributed by atoms with Crippen molar-refractivity contribution < 1.29 is 9.90 Å². The average Bonchev–Trinajstić information content (AvgIpc) is 3.37. The first-order valence-electron chi connectivity index (χ1n) is 10.2. The molecule has 5 rings (SSSR count). The Hall–Kier alpha value is -2.77. The van der Waals surface area contributed by atoms with E-state index in [1.807, 2.05) is 35.1 Å². The second kappa shape index (κ2) is 7.73. The predicted molar refractivity (Wildman–Crippen MR) is 122 cm³/mol. The van der Waals surface area contributed by atoms with Gasteiger partial charge in [-0.05, 0) is 51.0 Å². The maximum atomic E-state index is 11.4. The Labute approximate surface area is 188 Å². The normalized spacial score (nSPS) is 13.9. The number of rotatable bonds is 6. The predicted octanol–water partition coefficient (Wildman–Crippen LogP) is 6.18. The molecule has 0 bridgehead atoms. The Kier molecular flexibility index (Phi) is 5.02. The number of carbonyl (C=O) groups is 1. The number of carboxylic acid groups (broad SMARTS) is 1. The van der Waals surface area contributed by atoms with Crippen molar-refractivity contribution >= 4 is 40.2 Å². The lowest BCUT2D eigenvalue weighted by Crippen LogP contribution is -2.02. The number of nitrogens with zero attached hydrogens (tertiary/aromatic N) is 4. The number of hydrogen-bond donors (Lipinski definition) is 1. The number of hydrogen-bond acceptors (Lipinski definition) is 4. The van der Waals surface area contributed by atoms with Crippen molar-refractivity contribution in [3.8, 4) is 5.69 Å². The molecule has 0 radical (unpaired) electrons. The van der Waals surface area contributed by atoms with Crippen molar-refractivity contribution in [3.63, 3.8) is 0 Å². The molecular formula is C23H21ClN4O2S. The molecule has 3 aromatic heterocycles. The van der Waals surface area contributed by atoms with Gasteiger partial charge < -0.3 is 9.67 Å². The second-order valence-electron chi connectivity index (χ2n) is 8.03. The Morgan fingerprint density at radius 1 is 1.26 bits per heavy atom. The highest BCUT2D eigenvalue weighted by Crippen LogP contribution is 2.50. The average molecular weight is 453 g/mol. The van der Waals surface area contributed by atoms with E-state index in [0.717, 1.165) is 34.3 Å². The molecule has 1 N–H and O–H groups in total. The third kappa shape index (κ3) is 3.72. The van der Waals surface area contributed by atoms with Crippen LogP contribution >= 0.6 is 23.4 Å². The Bertz CT molecular complexity index is 1310. The molecule has 0 saturated heterocycles. The number of pyridine rings is 1. The van der Waals surface area contributed by atoms with Crippen molar-refractivity contribution in [1.82, 2.24) is 19.3 Å². The smallest absolute Gasteiger partial charge is 0.354 e. The Balaban J connectivity index is 1.72. The third-order valence-corrected chi connectivity index (χ3v) is 6.71. The molecule has 3 heterocycles. The lowest BCUT2D eigenvalue weighted by Gasteiger charge is -2.10. The fraction of sp³-hybridized carbons (Fsp3) is 0.261. The van der Waals surface area contributed by atoms with Gasteiger partial charge in [0.2, 0.25) is 0 Å². The van der Waals surface area contributed by atoms with Crippen LogP contribution in [0.25, 0.3) is 16.6 Å². The highest BCUT2D eigenvalue weighted by Gasteiger charge is 2.33. The van der Waals surface area contributed by atoms with Gasteiger partial charge in [0.05, 0.1) is 17.4 Å². The van der Waals surface area contributed by atoms with Crippen LogP contribution in [0, 0.1) is 0 Å². The maximum absolute atomic E-state index is 11.4. The quantitative estimate of drug-likeness (QED) is 0.378. The molecule has 0 amide bonds. The summed E-state index contributed by atoms with van der Waals surface area (Å²) in [5.41, 5.74) is 3.28. The minimum atomic E-state index is -1.03. The van der Waals surface area contributed by atoms with E-state index in [-0.39, 0.29) is 11.7 Å². The SMILES string of the molecule is CC(C)n1cc(-n2c(C3CC3)c(Sc3cccc(C(=O)O)n3)c3ccc(Cl)cc32)cn1. The zero-order valence-corrected chi connectivity index (χ0v) is 18.7. The molecule has 1 fully saturated rings. The van der Waals surface area contributed by atoms with Gasteiger partial charge in [-0.1, -0.05) is 35.5 Å². The second-order valence-corrected chi connectivity index (χ2v) is 9.49. The summed E-state index contributed by atoms with van der Waals surface area (Å²) in [6, 6.07) is 11.3. The van der Waals surface area contributed by atoms with Crippen molar-refractivity contribution in [1.29, 1.82) is 0 Å². The number of benzene rings is 1. The molecular weight excluding hydrogens is 432 g/mol. The molecule has 1 aliphatic rings. The molecule has 158 valence electrons. The lowest BCUT2D eigenvalue weighted by molar-refractivity contribution is 0.0689. The van der Waals surface area contributed by atoms with E-state index < -0.39 is 5.97 Å². The molecule has 4 aromatic rings. The van der Waals surface area contributed by atoms with Gasteiger partial charge in [-0.2, -0.15) is 5.10 Å². The summed E-state index contributed by atoms with van der Waals surface area (Å²) in [4.78, 5) is 16.8. The van der Waals surface area contributed by atoms with Crippen LogP contribution < -0.4 is 0 Å². The van der Waals surface area contributed by atoms with E-state index in [1.54, 1.807) is 6.07 Å². The summed E-state index contributed by atoms with van der Waals surface area (Å²) < 4.78 is 4.21. The van der Waals surface area contributed by atoms with Crippen LogP contribution in [0.4, 0.5) is 0 Å². The summed E-state index contributed by atoms with van der Waals surface area (Å²) in [6.45, 7) is 4.21. The van der Waals surface area contributed by atoms with Crippen LogP contribution in [0.15, 0.2) is 58.7 Å². The van der Waals surface area contributed by atoms with E-state index >= 15 is 0 Å². The number of fused-ring (bicyclic) bond motifs is 1.